The molecule has 0 radical (unpaired) electrons. The van der Waals surface area contributed by atoms with Gasteiger partial charge in [0, 0.05) is 11.6 Å². The van der Waals surface area contributed by atoms with Crippen LogP contribution in [0.15, 0.2) is 22.6 Å². The van der Waals surface area contributed by atoms with Crippen molar-refractivity contribution < 1.29 is 4.42 Å². The maximum Gasteiger partial charge on any atom is 0.251 e. The standard InChI is InChI=1S/C14H16ClN3O/c15-10-7-4-8-11(16)12(10)14-18-17-13(19-14)9-5-2-1-3-6-9/h4,7-9H,1-3,5-6,16H2. The van der Waals surface area contributed by atoms with Gasteiger partial charge in [-0.3, -0.25) is 0 Å². The molecule has 0 bridgehead atoms. The third-order valence-corrected chi connectivity index (χ3v) is 3.97. The summed E-state index contributed by atoms with van der Waals surface area (Å²) < 4.78 is 5.78. The van der Waals surface area contributed by atoms with Crippen molar-refractivity contribution >= 4 is 17.3 Å². The molecule has 4 nitrogen and oxygen atoms in total. The molecule has 0 amide bonds. The first-order valence-electron chi connectivity index (χ1n) is 6.63. The molecular formula is C14H16ClN3O. The maximum absolute atomic E-state index is 6.15. The fourth-order valence-corrected chi connectivity index (χ4v) is 2.88. The van der Waals surface area contributed by atoms with Crippen LogP contribution in [0.5, 0.6) is 0 Å². The number of nitrogen functional groups attached to an aromatic ring is 1. The minimum absolute atomic E-state index is 0.388. The second-order valence-electron chi connectivity index (χ2n) is 4.98. The molecule has 0 atom stereocenters. The SMILES string of the molecule is Nc1cccc(Cl)c1-c1nnc(C2CCCCC2)o1. The Morgan fingerprint density at radius 1 is 1.16 bits per heavy atom. The lowest BCUT2D eigenvalue weighted by atomic mass is 9.89. The van der Waals surface area contributed by atoms with Gasteiger partial charge in [0.2, 0.25) is 5.89 Å². The van der Waals surface area contributed by atoms with Crippen LogP contribution in [0.1, 0.15) is 43.9 Å². The van der Waals surface area contributed by atoms with Crippen molar-refractivity contribution in [3.05, 3.63) is 29.1 Å². The highest BCUT2D eigenvalue weighted by Gasteiger charge is 2.22. The molecule has 3 rings (SSSR count). The summed E-state index contributed by atoms with van der Waals surface area (Å²) in [5.74, 6) is 1.52. The number of rotatable bonds is 2. The molecule has 19 heavy (non-hydrogen) atoms. The molecule has 2 N–H and O–H groups in total. The molecule has 0 unspecified atom stereocenters. The van der Waals surface area contributed by atoms with Crippen LogP contribution in [-0.4, -0.2) is 10.2 Å². The van der Waals surface area contributed by atoms with Crippen molar-refractivity contribution in [3.63, 3.8) is 0 Å². The monoisotopic (exact) mass is 277 g/mol. The highest BCUT2D eigenvalue weighted by molar-refractivity contribution is 6.33. The number of anilines is 1. The van der Waals surface area contributed by atoms with Crippen molar-refractivity contribution in [2.24, 2.45) is 0 Å². The normalized spacial score (nSPS) is 16.7. The molecule has 0 saturated heterocycles. The van der Waals surface area contributed by atoms with Crippen LogP contribution < -0.4 is 5.73 Å². The Hall–Kier alpha value is -1.55. The fraction of sp³-hybridized carbons (Fsp3) is 0.429. The van der Waals surface area contributed by atoms with E-state index in [2.05, 4.69) is 10.2 Å². The van der Waals surface area contributed by atoms with Gasteiger partial charge in [-0.25, -0.2) is 0 Å². The van der Waals surface area contributed by atoms with E-state index in [1.807, 2.05) is 0 Å². The van der Waals surface area contributed by atoms with Crippen LogP contribution in [-0.2, 0) is 0 Å². The van der Waals surface area contributed by atoms with Crippen LogP contribution in [0.25, 0.3) is 11.5 Å². The van der Waals surface area contributed by atoms with Crippen LogP contribution in [0.3, 0.4) is 0 Å². The lowest BCUT2D eigenvalue weighted by Crippen LogP contribution is -2.04. The van der Waals surface area contributed by atoms with Crippen LogP contribution in [0.2, 0.25) is 5.02 Å². The lowest BCUT2D eigenvalue weighted by Gasteiger charge is -2.17. The Balaban J connectivity index is 1.92. The number of hydrogen-bond donors (Lipinski definition) is 1. The van der Waals surface area contributed by atoms with Crippen molar-refractivity contribution in [2.75, 3.05) is 5.73 Å². The smallest absolute Gasteiger partial charge is 0.251 e. The summed E-state index contributed by atoms with van der Waals surface area (Å²) in [6.45, 7) is 0. The molecule has 2 aromatic rings. The Morgan fingerprint density at radius 3 is 2.68 bits per heavy atom. The first-order chi connectivity index (χ1) is 9.25. The summed E-state index contributed by atoms with van der Waals surface area (Å²) >= 11 is 6.15. The van der Waals surface area contributed by atoms with Crippen molar-refractivity contribution in [2.45, 2.75) is 38.0 Å². The van der Waals surface area contributed by atoms with Gasteiger partial charge in [0.25, 0.3) is 5.89 Å². The number of benzene rings is 1. The second-order valence-corrected chi connectivity index (χ2v) is 5.39. The molecule has 1 aromatic carbocycles. The highest BCUT2D eigenvalue weighted by atomic mass is 35.5. The Labute approximate surface area is 117 Å². The number of aromatic nitrogens is 2. The molecular weight excluding hydrogens is 262 g/mol. The number of hydrogen-bond acceptors (Lipinski definition) is 4. The van der Waals surface area contributed by atoms with E-state index in [0.29, 0.717) is 34.0 Å². The van der Waals surface area contributed by atoms with Crippen molar-refractivity contribution in [3.8, 4) is 11.5 Å². The molecule has 0 spiro atoms. The summed E-state index contributed by atoms with van der Waals surface area (Å²) in [4.78, 5) is 0. The number of nitrogens with two attached hydrogens (primary N) is 1. The zero-order valence-electron chi connectivity index (χ0n) is 10.6. The van der Waals surface area contributed by atoms with Crippen molar-refractivity contribution in [1.29, 1.82) is 0 Å². The lowest BCUT2D eigenvalue weighted by molar-refractivity contribution is 0.367. The van der Waals surface area contributed by atoms with Gasteiger partial charge in [0.05, 0.1) is 10.6 Å². The van der Waals surface area contributed by atoms with Gasteiger partial charge in [0.1, 0.15) is 0 Å². The molecule has 1 heterocycles. The quantitative estimate of drug-likeness (QED) is 0.842. The van der Waals surface area contributed by atoms with E-state index in [1.54, 1.807) is 18.2 Å². The molecule has 1 aromatic heterocycles. The van der Waals surface area contributed by atoms with Gasteiger partial charge < -0.3 is 10.2 Å². The molecule has 1 saturated carbocycles. The van der Waals surface area contributed by atoms with Crippen LogP contribution >= 0.6 is 11.6 Å². The summed E-state index contributed by atoms with van der Waals surface area (Å²) in [5.41, 5.74) is 7.13. The number of nitrogens with zero attached hydrogens (tertiary/aromatic N) is 2. The molecule has 5 heteroatoms. The van der Waals surface area contributed by atoms with Crippen molar-refractivity contribution in [1.82, 2.24) is 10.2 Å². The highest BCUT2D eigenvalue weighted by Crippen LogP contribution is 2.36. The van der Waals surface area contributed by atoms with E-state index in [9.17, 15) is 0 Å². The predicted molar refractivity (Wildman–Crippen MR) is 75.0 cm³/mol. The van der Waals surface area contributed by atoms with E-state index < -0.39 is 0 Å². The topological polar surface area (TPSA) is 64.9 Å². The van der Waals surface area contributed by atoms with Gasteiger partial charge >= 0.3 is 0 Å². The van der Waals surface area contributed by atoms with Gasteiger partial charge in [-0.1, -0.05) is 36.9 Å². The third kappa shape index (κ3) is 2.45. The summed E-state index contributed by atoms with van der Waals surface area (Å²) in [6.07, 6.45) is 6.02. The minimum atomic E-state index is 0.388. The molecule has 1 aliphatic carbocycles. The first kappa shape index (κ1) is 12.5. The van der Waals surface area contributed by atoms with E-state index in [1.165, 1.54) is 19.3 Å². The van der Waals surface area contributed by atoms with Crippen LogP contribution in [0, 0.1) is 0 Å². The van der Waals surface area contributed by atoms with Gasteiger partial charge in [-0.05, 0) is 25.0 Å². The zero-order valence-corrected chi connectivity index (χ0v) is 11.4. The fourth-order valence-electron chi connectivity index (χ4n) is 2.62. The van der Waals surface area contributed by atoms with E-state index in [-0.39, 0.29) is 0 Å². The minimum Gasteiger partial charge on any atom is -0.420 e. The predicted octanol–water partition coefficient (Wildman–Crippen LogP) is 4.02. The van der Waals surface area contributed by atoms with E-state index in [4.69, 9.17) is 21.8 Å². The maximum atomic E-state index is 6.15. The van der Waals surface area contributed by atoms with Gasteiger partial charge in [0.15, 0.2) is 0 Å². The first-order valence-corrected chi connectivity index (χ1v) is 7.01. The molecule has 1 fully saturated rings. The largest absolute Gasteiger partial charge is 0.420 e. The molecule has 100 valence electrons. The Bertz CT molecular complexity index is 556. The average molecular weight is 278 g/mol. The Morgan fingerprint density at radius 2 is 1.95 bits per heavy atom. The van der Waals surface area contributed by atoms with Crippen LogP contribution in [0.4, 0.5) is 5.69 Å². The third-order valence-electron chi connectivity index (χ3n) is 3.65. The average Bonchev–Trinajstić information content (AvgIpc) is 2.89. The summed E-state index contributed by atoms with van der Waals surface area (Å²) in [7, 11) is 0. The summed E-state index contributed by atoms with van der Waals surface area (Å²) in [6, 6.07) is 5.36. The summed E-state index contributed by atoms with van der Waals surface area (Å²) in [5, 5.41) is 8.81. The van der Waals surface area contributed by atoms with Gasteiger partial charge in [-0.2, -0.15) is 0 Å². The van der Waals surface area contributed by atoms with E-state index in [0.717, 1.165) is 12.8 Å². The second kappa shape index (κ2) is 5.21. The molecule has 1 aliphatic rings. The zero-order chi connectivity index (χ0) is 13.2. The van der Waals surface area contributed by atoms with Gasteiger partial charge in [-0.15, -0.1) is 10.2 Å². The van der Waals surface area contributed by atoms with E-state index >= 15 is 0 Å². The number of halogens is 1. The Kier molecular flexibility index (Phi) is 3.42. The molecule has 0 aliphatic heterocycles.